The molecule has 1 amide bonds. The Morgan fingerprint density at radius 1 is 1.57 bits per heavy atom. The molecule has 1 aliphatic heterocycles. The maximum Gasteiger partial charge on any atom is 0.243 e. The van der Waals surface area contributed by atoms with E-state index < -0.39 is 0 Å². The summed E-state index contributed by atoms with van der Waals surface area (Å²) in [6.45, 7) is 10.1. The molecule has 0 bridgehead atoms. The van der Waals surface area contributed by atoms with E-state index in [0.29, 0.717) is 0 Å². The minimum atomic E-state index is -0.0737. The molecule has 0 aromatic rings. The molecule has 0 spiro atoms. The number of amides is 1. The number of hydrogen-bond acceptors (Lipinski definition) is 2. The molecule has 0 radical (unpaired) electrons. The molecule has 14 heavy (non-hydrogen) atoms. The first-order chi connectivity index (χ1) is 6.76. The average Bonchev–Trinajstić information content (AvgIpc) is 2.19. The summed E-state index contributed by atoms with van der Waals surface area (Å²) in [5, 5.41) is 2.92. The summed E-state index contributed by atoms with van der Waals surface area (Å²) >= 11 is 0. The molecular weight excluding hydrogens is 176 g/mol. The summed E-state index contributed by atoms with van der Waals surface area (Å²) in [6.07, 6.45) is 5.42. The molecule has 1 rings (SSSR count). The predicted octanol–water partition coefficient (Wildman–Crippen LogP) is 0.939. The van der Waals surface area contributed by atoms with Crippen molar-refractivity contribution < 1.29 is 4.79 Å². The van der Waals surface area contributed by atoms with Crippen LogP contribution >= 0.6 is 0 Å². The number of carbonyl (C=O) groups is 1. The van der Waals surface area contributed by atoms with E-state index >= 15 is 0 Å². The molecule has 1 saturated heterocycles. The largest absolute Gasteiger partial charge is 0.349 e. The van der Waals surface area contributed by atoms with Crippen LogP contribution in [0.5, 0.6) is 0 Å². The van der Waals surface area contributed by atoms with Crippen LogP contribution in [-0.4, -0.2) is 36.5 Å². The standard InChI is InChI=1S/C11H18N2O/c1-3-7-13-8-5-6-10(9-13)12-11(14)4-2/h3-4,10H,1-2,5-9H2,(H,12,14). The molecule has 1 aliphatic rings. The first kappa shape index (κ1) is 11.0. The second-order valence-corrected chi connectivity index (χ2v) is 3.60. The maximum absolute atomic E-state index is 11.1. The third-order valence-corrected chi connectivity index (χ3v) is 2.42. The quantitative estimate of drug-likeness (QED) is 0.533. The van der Waals surface area contributed by atoms with Crippen molar-refractivity contribution in [1.82, 2.24) is 10.2 Å². The lowest BCUT2D eigenvalue weighted by Crippen LogP contribution is -2.47. The van der Waals surface area contributed by atoms with Gasteiger partial charge in [-0.1, -0.05) is 12.7 Å². The fourth-order valence-electron chi connectivity index (χ4n) is 1.78. The second kappa shape index (κ2) is 5.60. The third-order valence-electron chi connectivity index (χ3n) is 2.42. The highest BCUT2D eigenvalue weighted by Gasteiger charge is 2.19. The lowest BCUT2D eigenvalue weighted by molar-refractivity contribution is -0.117. The summed E-state index contributed by atoms with van der Waals surface area (Å²) in [6, 6.07) is 0.272. The minimum Gasteiger partial charge on any atom is -0.349 e. The van der Waals surface area contributed by atoms with Gasteiger partial charge in [0, 0.05) is 19.1 Å². The fourth-order valence-corrected chi connectivity index (χ4v) is 1.78. The van der Waals surface area contributed by atoms with Crippen LogP contribution in [0.15, 0.2) is 25.3 Å². The van der Waals surface area contributed by atoms with Crippen molar-refractivity contribution >= 4 is 5.91 Å². The molecule has 1 unspecified atom stereocenters. The SMILES string of the molecule is C=CCN1CCCC(NC(=O)C=C)C1. The van der Waals surface area contributed by atoms with Gasteiger partial charge in [0.05, 0.1) is 0 Å². The summed E-state index contributed by atoms with van der Waals surface area (Å²) in [4.78, 5) is 13.4. The zero-order valence-corrected chi connectivity index (χ0v) is 8.54. The van der Waals surface area contributed by atoms with Crippen molar-refractivity contribution in [2.24, 2.45) is 0 Å². The Balaban J connectivity index is 2.35. The van der Waals surface area contributed by atoms with Crippen LogP contribution in [0.4, 0.5) is 0 Å². The lowest BCUT2D eigenvalue weighted by atomic mass is 10.1. The Labute approximate surface area is 85.5 Å². The molecule has 1 N–H and O–H groups in total. The van der Waals surface area contributed by atoms with Gasteiger partial charge in [0.25, 0.3) is 0 Å². The molecule has 0 saturated carbocycles. The van der Waals surface area contributed by atoms with Crippen LogP contribution in [0.3, 0.4) is 0 Å². The Bertz CT molecular complexity index is 225. The smallest absolute Gasteiger partial charge is 0.243 e. The van der Waals surface area contributed by atoms with Crippen LogP contribution in [0.1, 0.15) is 12.8 Å². The molecule has 0 aromatic heterocycles. The molecule has 3 heteroatoms. The Kier molecular flexibility index (Phi) is 4.40. The molecule has 0 aliphatic carbocycles. The van der Waals surface area contributed by atoms with E-state index in [1.165, 1.54) is 6.08 Å². The van der Waals surface area contributed by atoms with Gasteiger partial charge in [-0.05, 0) is 25.5 Å². The number of nitrogens with zero attached hydrogens (tertiary/aromatic N) is 1. The molecule has 78 valence electrons. The molecule has 3 nitrogen and oxygen atoms in total. The van der Waals surface area contributed by atoms with Gasteiger partial charge in [-0.3, -0.25) is 9.69 Å². The highest BCUT2D eigenvalue weighted by Crippen LogP contribution is 2.09. The van der Waals surface area contributed by atoms with Gasteiger partial charge >= 0.3 is 0 Å². The summed E-state index contributed by atoms with van der Waals surface area (Å²) in [7, 11) is 0. The van der Waals surface area contributed by atoms with Crippen LogP contribution in [-0.2, 0) is 4.79 Å². The summed E-state index contributed by atoms with van der Waals surface area (Å²) < 4.78 is 0. The highest BCUT2D eigenvalue weighted by atomic mass is 16.1. The van der Waals surface area contributed by atoms with Gasteiger partial charge in [-0.15, -0.1) is 6.58 Å². The van der Waals surface area contributed by atoms with Crippen molar-refractivity contribution in [3.63, 3.8) is 0 Å². The predicted molar refractivity (Wildman–Crippen MR) is 58.0 cm³/mol. The normalized spacial score (nSPS) is 22.7. The number of carbonyl (C=O) groups excluding carboxylic acids is 1. The van der Waals surface area contributed by atoms with E-state index in [0.717, 1.165) is 32.5 Å². The molecule has 1 fully saturated rings. The maximum atomic E-state index is 11.1. The lowest BCUT2D eigenvalue weighted by Gasteiger charge is -2.32. The van der Waals surface area contributed by atoms with Crippen molar-refractivity contribution in [3.05, 3.63) is 25.3 Å². The molecular formula is C11H18N2O. The van der Waals surface area contributed by atoms with Gasteiger partial charge in [-0.2, -0.15) is 0 Å². The number of likely N-dealkylation sites (tertiary alicyclic amines) is 1. The summed E-state index contributed by atoms with van der Waals surface area (Å²) in [5.41, 5.74) is 0. The van der Waals surface area contributed by atoms with E-state index in [1.54, 1.807) is 0 Å². The van der Waals surface area contributed by atoms with E-state index in [2.05, 4.69) is 23.4 Å². The molecule has 1 atom stereocenters. The van der Waals surface area contributed by atoms with E-state index in [4.69, 9.17) is 0 Å². The third kappa shape index (κ3) is 3.34. The Morgan fingerprint density at radius 2 is 2.36 bits per heavy atom. The fraction of sp³-hybridized carbons (Fsp3) is 0.545. The first-order valence-corrected chi connectivity index (χ1v) is 5.02. The van der Waals surface area contributed by atoms with Gasteiger partial charge < -0.3 is 5.32 Å². The van der Waals surface area contributed by atoms with Crippen molar-refractivity contribution in [3.8, 4) is 0 Å². The van der Waals surface area contributed by atoms with Crippen molar-refractivity contribution in [2.75, 3.05) is 19.6 Å². The first-order valence-electron chi connectivity index (χ1n) is 5.02. The summed E-state index contributed by atoms with van der Waals surface area (Å²) in [5.74, 6) is -0.0737. The van der Waals surface area contributed by atoms with Gasteiger partial charge in [-0.25, -0.2) is 0 Å². The van der Waals surface area contributed by atoms with E-state index in [1.807, 2.05) is 6.08 Å². The topological polar surface area (TPSA) is 32.3 Å². The number of piperidine rings is 1. The van der Waals surface area contributed by atoms with Gasteiger partial charge in [0.15, 0.2) is 0 Å². The minimum absolute atomic E-state index is 0.0737. The van der Waals surface area contributed by atoms with Crippen LogP contribution in [0.25, 0.3) is 0 Å². The van der Waals surface area contributed by atoms with Crippen molar-refractivity contribution in [2.45, 2.75) is 18.9 Å². The van der Waals surface area contributed by atoms with Crippen LogP contribution < -0.4 is 5.32 Å². The molecule has 0 aromatic carbocycles. The monoisotopic (exact) mass is 194 g/mol. The van der Waals surface area contributed by atoms with E-state index in [9.17, 15) is 4.79 Å². The average molecular weight is 194 g/mol. The van der Waals surface area contributed by atoms with Crippen molar-refractivity contribution in [1.29, 1.82) is 0 Å². The number of hydrogen-bond donors (Lipinski definition) is 1. The van der Waals surface area contributed by atoms with Crippen LogP contribution in [0, 0.1) is 0 Å². The number of rotatable bonds is 4. The van der Waals surface area contributed by atoms with Gasteiger partial charge in [0.2, 0.25) is 5.91 Å². The van der Waals surface area contributed by atoms with E-state index in [-0.39, 0.29) is 11.9 Å². The zero-order chi connectivity index (χ0) is 10.4. The Morgan fingerprint density at radius 3 is 3.00 bits per heavy atom. The molecule has 1 heterocycles. The Hall–Kier alpha value is -1.09. The highest BCUT2D eigenvalue weighted by molar-refractivity contribution is 5.87. The second-order valence-electron chi connectivity index (χ2n) is 3.60. The van der Waals surface area contributed by atoms with Crippen LogP contribution in [0.2, 0.25) is 0 Å². The zero-order valence-electron chi connectivity index (χ0n) is 8.54. The number of nitrogens with one attached hydrogen (secondary N) is 1. The van der Waals surface area contributed by atoms with Gasteiger partial charge in [0.1, 0.15) is 0 Å².